The van der Waals surface area contributed by atoms with E-state index in [2.05, 4.69) is 29.2 Å². The third-order valence-electron chi connectivity index (χ3n) is 2.53. The standard InChI is InChI=1S/C13H23N3O/c1-5-17-13-8-6-7-12(15-13)16(4)10-11(2)9-14-3/h6-8,11,14H,5,9-10H2,1-4H3. The number of nitrogens with zero attached hydrogens (tertiary/aromatic N) is 2. The molecule has 0 radical (unpaired) electrons. The minimum Gasteiger partial charge on any atom is -0.478 e. The topological polar surface area (TPSA) is 37.4 Å². The van der Waals surface area contributed by atoms with Crippen LogP contribution in [-0.2, 0) is 0 Å². The summed E-state index contributed by atoms with van der Waals surface area (Å²) in [7, 11) is 4.04. The summed E-state index contributed by atoms with van der Waals surface area (Å²) >= 11 is 0. The second-order valence-corrected chi connectivity index (χ2v) is 4.31. The van der Waals surface area contributed by atoms with Crippen LogP contribution in [0.5, 0.6) is 5.88 Å². The number of nitrogens with one attached hydrogen (secondary N) is 1. The quantitative estimate of drug-likeness (QED) is 0.784. The Kier molecular flexibility index (Phi) is 5.77. The number of hydrogen-bond acceptors (Lipinski definition) is 4. The predicted octanol–water partition coefficient (Wildman–Crippen LogP) is 1.77. The van der Waals surface area contributed by atoms with E-state index in [0.29, 0.717) is 18.4 Å². The third-order valence-corrected chi connectivity index (χ3v) is 2.53. The SMILES string of the molecule is CCOc1cccc(N(C)CC(C)CNC)n1. The Morgan fingerprint density at radius 1 is 1.47 bits per heavy atom. The van der Waals surface area contributed by atoms with E-state index in [4.69, 9.17) is 4.74 Å². The van der Waals surface area contributed by atoms with E-state index in [1.54, 1.807) is 0 Å². The van der Waals surface area contributed by atoms with Gasteiger partial charge in [-0.25, -0.2) is 0 Å². The molecule has 1 N–H and O–H groups in total. The van der Waals surface area contributed by atoms with Gasteiger partial charge < -0.3 is 15.0 Å². The normalized spacial score (nSPS) is 12.2. The first kappa shape index (κ1) is 13.8. The summed E-state index contributed by atoms with van der Waals surface area (Å²) in [5.74, 6) is 2.24. The summed E-state index contributed by atoms with van der Waals surface area (Å²) in [6.45, 7) is 6.82. The average Bonchev–Trinajstić information content (AvgIpc) is 2.30. The number of hydrogen-bond donors (Lipinski definition) is 1. The van der Waals surface area contributed by atoms with Gasteiger partial charge in [-0.1, -0.05) is 13.0 Å². The van der Waals surface area contributed by atoms with Gasteiger partial charge in [-0.3, -0.25) is 0 Å². The Balaban J connectivity index is 2.61. The van der Waals surface area contributed by atoms with Crippen molar-refractivity contribution in [2.24, 2.45) is 5.92 Å². The molecule has 4 nitrogen and oxygen atoms in total. The van der Waals surface area contributed by atoms with Gasteiger partial charge in [-0.2, -0.15) is 4.98 Å². The van der Waals surface area contributed by atoms with Crippen molar-refractivity contribution < 1.29 is 4.74 Å². The van der Waals surface area contributed by atoms with Crippen molar-refractivity contribution in [1.82, 2.24) is 10.3 Å². The van der Waals surface area contributed by atoms with Crippen LogP contribution in [0.25, 0.3) is 0 Å². The summed E-state index contributed by atoms with van der Waals surface area (Å²) in [4.78, 5) is 6.62. The fourth-order valence-electron chi connectivity index (χ4n) is 1.82. The maximum absolute atomic E-state index is 5.40. The molecule has 0 spiro atoms. The zero-order chi connectivity index (χ0) is 12.7. The highest BCUT2D eigenvalue weighted by atomic mass is 16.5. The Bertz CT molecular complexity index is 330. The van der Waals surface area contributed by atoms with Crippen molar-refractivity contribution >= 4 is 5.82 Å². The van der Waals surface area contributed by atoms with Gasteiger partial charge in [0.2, 0.25) is 5.88 Å². The van der Waals surface area contributed by atoms with Gasteiger partial charge in [0.05, 0.1) is 6.61 Å². The second-order valence-electron chi connectivity index (χ2n) is 4.31. The van der Waals surface area contributed by atoms with Gasteiger partial charge in [0.1, 0.15) is 5.82 Å². The molecule has 0 aliphatic heterocycles. The first-order chi connectivity index (χ1) is 8.17. The minimum atomic E-state index is 0.586. The van der Waals surface area contributed by atoms with Crippen LogP contribution in [0, 0.1) is 5.92 Å². The monoisotopic (exact) mass is 237 g/mol. The third kappa shape index (κ3) is 4.61. The molecule has 17 heavy (non-hydrogen) atoms. The van der Waals surface area contributed by atoms with Gasteiger partial charge in [0.25, 0.3) is 0 Å². The molecule has 0 aliphatic carbocycles. The molecule has 0 aromatic carbocycles. The van der Waals surface area contributed by atoms with Crippen molar-refractivity contribution in [3.05, 3.63) is 18.2 Å². The van der Waals surface area contributed by atoms with E-state index < -0.39 is 0 Å². The van der Waals surface area contributed by atoms with E-state index in [1.807, 2.05) is 32.2 Å². The van der Waals surface area contributed by atoms with Crippen molar-refractivity contribution in [2.75, 3.05) is 38.7 Å². The van der Waals surface area contributed by atoms with Crippen molar-refractivity contribution in [3.63, 3.8) is 0 Å². The van der Waals surface area contributed by atoms with Crippen LogP contribution in [0.15, 0.2) is 18.2 Å². The van der Waals surface area contributed by atoms with Crippen LogP contribution in [0.3, 0.4) is 0 Å². The van der Waals surface area contributed by atoms with Crippen LogP contribution in [0.1, 0.15) is 13.8 Å². The molecule has 1 rings (SSSR count). The molecule has 1 unspecified atom stereocenters. The Labute approximate surface area is 104 Å². The first-order valence-electron chi connectivity index (χ1n) is 6.13. The van der Waals surface area contributed by atoms with Gasteiger partial charge in [-0.15, -0.1) is 0 Å². The van der Waals surface area contributed by atoms with E-state index in [0.717, 1.165) is 18.9 Å². The maximum Gasteiger partial charge on any atom is 0.215 e. The van der Waals surface area contributed by atoms with Gasteiger partial charge >= 0.3 is 0 Å². The van der Waals surface area contributed by atoms with Gasteiger partial charge in [0.15, 0.2) is 0 Å². The summed E-state index contributed by atoms with van der Waals surface area (Å²) < 4.78 is 5.40. The fraction of sp³-hybridized carbons (Fsp3) is 0.615. The maximum atomic E-state index is 5.40. The van der Waals surface area contributed by atoms with Crippen LogP contribution in [0.4, 0.5) is 5.82 Å². The van der Waals surface area contributed by atoms with Crippen LogP contribution in [0.2, 0.25) is 0 Å². The molecule has 1 atom stereocenters. The highest BCUT2D eigenvalue weighted by Gasteiger charge is 2.08. The fourth-order valence-corrected chi connectivity index (χ4v) is 1.82. The highest BCUT2D eigenvalue weighted by Crippen LogP contribution is 2.15. The van der Waals surface area contributed by atoms with E-state index in [1.165, 1.54) is 0 Å². The number of aromatic nitrogens is 1. The van der Waals surface area contributed by atoms with E-state index in [9.17, 15) is 0 Å². The van der Waals surface area contributed by atoms with Crippen LogP contribution < -0.4 is 15.0 Å². The molecule has 1 aromatic heterocycles. The van der Waals surface area contributed by atoms with Crippen molar-refractivity contribution in [1.29, 1.82) is 0 Å². The largest absolute Gasteiger partial charge is 0.478 e. The lowest BCUT2D eigenvalue weighted by Crippen LogP contribution is -2.30. The number of ether oxygens (including phenoxy) is 1. The first-order valence-corrected chi connectivity index (χ1v) is 6.13. The lowest BCUT2D eigenvalue weighted by Gasteiger charge is -2.22. The van der Waals surface area contributed by atoms with Crippen molar-refractivity contribution in [3.8, 4) is 5.88 Å². The molecule has 0 fully saturated rings. The molecule has 1 heterocycles. The summed E-state index contributed by atoms with van der Waals surface area (Å²) in [6.07, 6.45) is 0. The molecule has 0 amide bonds. The molecule has 1 aromatic rings. The molecular formula is C13H23N3O. The molecular weight excluding hydrogens is 214 g/mol. The predicted molar refractivity (Wildman–Crippen MR) is 71.8 cm³/mol. The Morgan fingerprint density at radius 3 is 2.88 bits per heavy atom. The summed E-state index contributed by atoms with van der Waals surface area (Å²) in [6, 6.07) is 5.87. The van der Waals surface area contributed by atoms with Gasteiger partial charge in [0, 0.05) is 19.7 Å². The van der Waals surface area contributed by atoms with E-state index in [-0.39, 0.29) is 0 Å². The number of anilines is 1. The summed E-state index contributed by atoms with van der Waals surface area (Å²) in [5.41, 5.74) is 0. The molecule has 0 aliphatic rings. The molecule has 96 valence electrons. The minimum absolute atomic E-state index is 0.586. The zero-order valence-electron chi connectivity index (χ0n) is 11.2. The smallest absolute Gasteiger partial charge is 0.215 e. The Morgan fingerprint density at radius 2 is 2.24 bits per heavy atom. The number of rotatable bonds is 7. The second kappa shape index (κ2) is 7.12. The van der Waals surface area contributed by atoms with Crippen molar-refractivity contribution in [2.45, 2.75) is 13.8 Å². The van der Waals surface area contributed by atoms with Crippen LogP contribution >= 0.6 is 0 Å². The molecule has 0 saturated heterocycles. The average molecular weight is 237 g/mol. The van der Waals surface area contributed by atoms with E-state index >= 15 is 0 Å². The van der Waals surface area contributed by atoms with Gasteiger partial charge in [-0.05, 0) is 32.5 Å². The molecule has 4 heteroatoms. The zero-order valence-corrected chi connectivity index (χ0v) is 11.2. The van der Waals surface area contributed by atoms with Crippen LogP contribution in [-0.4, -0.2) is 38.8 Å². The summed E-state index contributed by atoms with van der Waals surface area (Å²) in [5, 5.41) is 3.18. The number of pyridine rings is 1. The Hall–Kier alpha value is -1.29. The molecule has 0 bridgehead atoms. The highest BCUT2D eigenvalue weighted by molar-refractivity contribution is 5.39. The molecule has 0 saturated carbocycles. The lowest BCUT2D eigenvalue weighted by atomic mass is 10.1. The lowest BCUT2D eigenvalue weighted by molar-refractivity contribution is 0.327.